The quantitative estimate of drug-likeness (QED) is 0.430. The molecule has 1 saturated heterocycles. The first-order valence-corrected chi connectivity index (χ1v) is 11.6. The Kier molecular flexibility index (Phi) is 8.17. The van der Waals surface area contributed by atoms with Gasteiger partial charge in [0.2, 0.25) is 0 Å². The van der Waals surface area contributed by atoms with E-state index in [0.717, 1.165) is 23.4 Å². The maximum atomic E-state index is 12.5. The van der Waals surface area contributed by atoms with Gasteiger partial charge in [0.05, 0.1) is 44.9 Å². The van der Waals surface area contributed by atoms with Crippen LogP contribution >= 0.6 is 0 Å². The van der Waals surface area contributed by atoms with Crippen molar-refractivity contribution in [3.63, 3.8) is 0 Å². The van der Waals surface area contributed by atoms with Crippen LogP contribution in [0.5, 0.6) is 11.5 Å². The number of carbonyl (C=O) groups is 1. The highest BCUT2D eigenvalue weighted by Crippen LogP contribution is 2.28. The van der Waals surface area contributed by atoms with Crippen molar-refractivity contribution in [2.24, 2.45) is 0 Å². The van der Waals surface area contributed by atoms with E-state index >= 15 is 0 Å². The van der Waals surface area contributed by atoms with Crippen molar-refractivity contribution < 1.29 is 24.1 Å². The Hall–Kier alpha value is -3.63. The van der Waals surface area contributed by atoms with Crippen molar-refractivity contribution in [3.8, 4) is 22.8 Å². The third-order valence-corrected chi connectivity index (χ3v) is 6.07. The lowest BCUT2D eigenvalue weighted by Gasteiger charge is -2.36. The molecule has 0 aliphatic carbocycles. The Bertz CT molecular complexity index is 1120. The second-order valence-electron chi connectivity index (χ2n) is 8.32. The standard InChI is InChI=1S/C25H31N5O5/c1-33-22-9-5-3-7-18(22)21-15-30(29-28-21)14-13-17-11-12-20(24(16-31)35-17)27-25(32)26-19-8-4-6-10-23(19)34-2/h3-10,15,17,20,24,31H,11-14,16H2,1-2H3,(H2,26,27,32)/t17-,20-,24-/m0/s1. The van der Waals surface area contributed by atoms with Gasteiger partial charge in [-0.1, -0.05) is 29.5 Å². The molecule has 3 aromatic rings. The molecule has 0 unspecified atom stereocenters. The first kappa shape index (κ1) is 24.5. The summed E-state index contributed by atoms with van der Waals surface area (Å²) < 4.78 is 18.6. The van der Waals surface area contributed by atoms with Crippen molar-refractivity contribution >= 4 is 11.7 Å². The summed E-state index contributed by atoms with van der Waals surface area (Å²) in [5.41, 5.74) is 2.20. The normalized spacial score (nSPS) is 19.7. The summed E-state index contributed by atoms with van der Waals surface area (Å²) in [4.78, 5) is 12.5. The van der Waals surface area contributed by atoms with Crippen LogP contribution in [0.15, 0.2) is 54.7 Å². The van der Waals surface area contributed by atoms with Crippen LogP contribution in [-0.4, -0.2) is 65.2 Å². The van der Waals surface area contributed by atoms with E-state index in [1.807, 2.05) is 42.6 Å². The van der Waals surface area contributed by atoms with Crippen LogP contribution in [0.1, 0.15) is 19.3 Å². The largest absolute Gasteiger partial charge is 0.496 e. The number of rotatable bonds is 9. The first-order valence-electron chi connectivity index (χ1n) is 11.6. The number of benzene rings is 2. The Balaban J connectivity index is 1.29. The lowest BCUT2D eigenvalue weighted by atomic mass is 9.97. The number of anilines is 1. The van der Waals surface area contributed by atoms with Gasteiger partial charge in [0.25, 0.3) is 0 Å². The molecule has 0 saturated carbocycles. The zero-order chi connectivity index (χ0) is 24.6. The molecular weight excluding hydrogens is 450 g/mol. The molecule has 3 atom stereocenters. The van der Waals surface area contributed by atoms with Gasteiger partial charge >= 0.3 is 6.03 Å². The molecule has 0 spiro atoms. The summed E-state index contributed by atoms with van der Waals surface area (Å²) in [5.74, 6) is 1.32. The number of hydrogen-bond acceptors (Lipinski definition) is 7. The zero-order valence-corrected chi connectivity index (χ0v) is 19.9. The first-order chi connectivity index (χ1) is 17.1. The smallest absolute Gasteiger partial charge is 0.319 e. The SMILES string of the molecule is COc1ccccc1NC(=O)N[C@H]1CC[C@@H](CCn2cc(-c3ccccc3OC)nn2)O[C@H]1CO. The van der Waals surface area contributed by atoms with Crippen LogP contribution in [-0.2, 0) is 11.3 Å². The number of ether oxygens (including phenoxy) is 3. The van der Waals surface area contributed by atoms with Gasteiger partial charge in [0.15, 0.2) is 0 Å². The topological polar surface area (TPSA) is 120 Å². The third-order valence-electron chi connectivity index (χ3n) is 6.07. The summed E-state index contributed by atoms with van der Waals surface area (Å²) in [5, 5.41) is 24.1. The molecule has 0 bridgehead atoms. The molecule has 10 nitrogen and oxygen atoms in total. The molecule has 4 rings (SSSR count). The Morgan fingerprint density at radius 3 is 2.63 bits per heavy atom. The van der Waals surface area contributed by atoms with E-state index < -0.39 is 6.10 Å². The number of nitrogens with zero attached hydrogens (tertiary/aromatic N) is 3. The number of para-hydroxylation sites is 3. The molecule has 35 heavy (non-hydrogen) atoms. The average molecular weight is 482 g/mol. The number of aliphatic hydroxyl groups excluding tert-OH is 1. The van der Waals surface area contributed by atoms with Gasteiger partial charge in [-0.05, 0) is 43.5 Å². The Morgan fingerprint density at radius 2 is 1.86 bits per heavy atom. The number of urea groups is 1. The Morgan fingerprint density at radius 1 is 1.11 bits per heavy atom. The van der Waals surface area contributed by atoms with E-state index in [1.54, 1.807) is 31.0 Å². The maximum absolute atomic E-state index is 12.5. The fourth-order valence-corrected chi connectivity index (χ4v) is 4.25. The molecule has 2 amide bonds. The van der Waals surface area contributed by atoms with Gasteiger partial charge < -0.3 is 30.0 Å². The summed E-state index contributed by atoms with van der Waals surface area (Å²) in [6.45, 7) is 0.439. The molecule has 1 aliphatic heterocycles. The van der Waals surface area contributed by atoms with Gasteiger partial charge in [0.1, 0.15) is 23.3 Å². The van der Waals surface area contributed by atoms with Crippen molar-refractivity contribution in [1.29, 1.82) is 0 Å². The molecule has 10 heteroatoms. The second kappa shape index (κ2) is 11.7. The number of aliphatic hydroxyl groups is 1. The molecule has 1 aromatic heterocycles. The summed E-state index contributed by atoms with van der Waals surface area (Å²) in [6, 6.07) is 14.2. The number of hydrogen-bond donors (Lipinski definition) is 3. The lowest BCUT2D eigenvalue weighted by molar-refractivity contribution is -0.0905. The minimum Gasteiger partial charge on any atom is -0.496 e. The van der Waals surface area contributed by atoms with Crippen LogP contribution in [0.2, 0.25) is 0 Å². The minimum atomic E-state index is -0.489. The van der Waals surface area contributed by atoms with E-state index in [1.165, 1.54) is 0 Å². The van der Waals surface area contributed by atoms with Crippen LogP contribution in [0.25, 0.3) is 11.3 Å². The molecular formula is C25H31N5O5. The highest BCUT2D eigenvalue weighted by atomic mass is 16.5. The maximum Gasteiger partial charge on any atom is 0.319 e. The van der Waals surface area contributed by atoms with Crippen molar-refractivity contribution in [2.75, 3.05) is 26.1 Å². The summed E-state index contributed by atoms with van der Waals surface area (Å²) in [7, 11) is 3.18. The molecule has 0 radical (unpaired) electrons. The predicted molar refractivity (Wildman–Crippen MR) is 131 cm³/mol. The minimum absolute atomic E-state index is 0.0543. The summed E-state index contributed by atoms with van der Waals surface area (Å²) in [6.07, 6.45) is 3.50. The summed E-state index contributed by atoms with van der Waals surface area (Å²) >= 11 is 0. The van der Waals surface area contributed by atoms with E-state index in [9.17, 15) is 9.90 Å². The second-order valence-corrected chi connectivity index (χ2v) is 8.32. The Labute approximate surface area is 204 Å². The van der Waals surface area contributed by atoms with Gasteiger partial charge in [-0.15, -0.1) is 5.10 Å². The number of carbonyl (C=O) groups excluding carboxylic acids is 1. The van der Waals surface area contributed by atoms with E-state index in [2.05, 4.69) is 20.9 Å². The fraction of sp³-hybridized carbons (Fsp3) is 0.400. The van der Waals surface area contributed by atoms with Crippen molar-refractivity contribution in [3.05, 3.63) is 54.7 Å². The number of amides is 2. The molecule has 2 aromatic carbocycles. The van der Waals surface area contributed by atoms with Crippen molar-refractivity contribution in [2.45, 2.75) is 44.1 Å². The molecule has 1 fully saturated rings. The molecule has 3 N–H and O–H groups in total. The number of nitrogens with one attached hydrogen (secondary N) is 2. The predicted octanol–water partition coefficient (Wildman–Crippen LogP) is 3.08. The average Bonchev–Trinajstić information content (AvgIpc) is 3.37. The van der Waals surface area contributed by atoms with E-state index in [0.29, 0.717) is 30.8 Å². The van der Waals surface area contributed by atoms with Crippen LogP contribution in [0.3, 0.4) is 0 Å². The monoisotopic (exact) mass is 481 g/mol. The molecule has 2 heterocycles. The van der Waals surface area contributed by atoms with Crippen molar-refractivity contribution in [1.82, 2.24) is 20.3 Å². The number of aromatic nitrogens is 3. The number of aryl methyl sites for hydroxylation is 1. The third kappa shape index (κ3) is 6.09. The highest BCUT2D eigenvalue weighted by Gasteiger charge is 2.32. The van der Waals surface area contributed by atoms with Crippen LogP contribution in [0, 0.1) is 0 Å². The zero-order valence-electron chi connectivity index (χ0n) is 19.9. The van der Waals surface area contributed by atoms with Crippen LogP contribution < -0.4 is 20.1 Å². The van der Waals surface area contributed by atoms with E-state index in [-0.39, 0.29) is 24.8 Å². The molecule has 186 valence electrons. The highest BCUT2D eigenvalue weighted by molar-refractivity contribution is 5.91. The van der Waals surface area contributed by atoms with Crippen LogP contribution in [0.4, 0.5) is 10.5 Å². The molecule has 1 aliphatic rings. The van der Waals surface area contributed by atoms with Gasteiger partial charge in [0, 0.05) is 12.1 Å². The fourth-order valence-electron chi connectivity index (χ4n) is 4.25. The van der Waals surface area contributed by atoms with E-state index in [4.69, 9.17) is 14.2 Å². The van der Waals surface area contributed by atoms with Gasteiger partial charge in [-0.3, -0.25) is 4.68 Å². The lowest BCUT2D eigenvalue weighted by Crippen LogP contribution is -2.52. The van der Waals surface area contributed by atoms with Gasteiger partial charge in [-0.2, -0.15) is 0 Å². The number of methoxy groups -OCH3 is 2. The van der Waals surface area contributed by atoms with Gasteiger partial charge in [-0.25, -0.2) is 4.79 Å².